The smallest absolute Gasteiger partial charge is 0.233 e. The van der Waals surface area contributed by atoms with E-state index in [-0.39, 0.29) is 23.2 Å². The van der Waals surface area contributed by atoms with E-state index in [9.17, 15) is 14.4 Å². The van der Waals surface area contributed by atoms with Gasteiger partial charge < -0.3 is 19.9 Å². The summed E-state index contributed by atoms with van der Waals surface area (Å²) in [6.07, 6.45) is 11.0. The Morgan fingerprint density at radius 3 is 2.06 bits per heavy atom. The third-order valence-corrected chi connectivity index (χ3v) is 9.03. The molecular weight excluding hydrogens is 418 g/mol. The van der Waals surface area contributed by atoms with Crippen molar-refractivity contribution >= 4 is 17.7 Å². The molecule has 3 saturated carbocycles. The summed E-state index contributed by atoms with van der Waals surface area (Å²) < 4.78 is 5.24. The number of ether oxygens (including phenoxy) is 1. The summed E-state index contributed by atoms with van der Waals surface area (Å²) in [6, 6.07) is 0.453. The monoisotopic (exact) mass is 459 g/mol. The molecule has 2 saturated heterocycles. The Hall–Kier alpha value is -1.63. The van der Waals surface area contributed by atoms with Crippen molar-refractivity contribution in [3.63, 3.8) is 0 Å². The van der Waals surface area contributed by atoms with E-state index in [1.165, 1.54) is 12.8 Å². The van der Waals surface area contributed by atoms with Crippen LogP contribution in [-0.4, -0.2) is 73.0 Å². The fraction of sp³-hybridized carbons (Fsp3) is 0.885. The Morgan fingerprint density at radius 1 is 0.788 bits per heavy atom. The van der Waals surface area contributed by atoms with Gasteiger partial charge >= 0.3 is 0 Å². The molecule has 7 nitrogen and oxygen atoms in total. The van der Waals surface area contributed by atoms with Gasteiger partial charge in [-0.1, -0.05) is 12.8 Å². The topological polar surface area (TPSA) is 79.0 Å². The fourth-order valence-corrected chi connectivity index (χ4v) is 6.58. The van der Waals surface area contributed by atoms with Gasteiger partial charge in [0.15, 0.2) is 0 Å². The molecule has 7 heteroatoms. The molecule has 2 atom stereocenters. The van der Waals surface area contributed by atoms with Crippen LogP contribution in [0.15, 0.2) is 0 Å². The summed E-state index contributed by atoms with van der Waals surface area (Å²) in [7, 11) is 0. The van der Waals surface area contributed by atoms with Gasteiger partial charge in [0.2, 0.25) is 17.7 Å². The average molecular weight is 460 g/mol. The van der Waals surface area contributed by atoms with Crippen LogP contribution >= 0.6 is 0 Å². The maximum atomic E-state index is 13.2. The second kappa shape index (κ2) is 9.55. The second-order valence-corrected chi connectivity index (χ2v) is 11.7. The van der Waals surface area contributed by atoms with Crippen molar-refractivity contribution in [2.24, 2.45) is 29.1 Å². The lowest BCUT2D eigenvalue weighted by Crippen LogP contribution is -2.59. The van der Waals surface area contributed by atoms with E-state index in [0.29, 0.717) is 69.1 Å². The molecule has 0 aromatic heterocycles. The molecule has 0 bridgehead atoms. The van der Waals surface area contributed by atoms with E-state index in [0.717, 1.165) is 51.4 Å². The summed E-state index contributed by atoms with van der Waals surface area (Å²) >= 11 is 0. The van der Waals surface area contributed by atoms with Gasteiger partial charge in [0, 0.05) is 44.1 Å². The number of hydrogen-bond acceptors (Lipinski definition) is 4. The van der Waals surface area contributed by atoms with Gasteiger partial charge in [-0.25, -0.2) is 0 Å². The highest BCUT2D eigenvalue weighted by molar-refractivity contribution is 5.84. The molecule has 0 aromatic carbocycles. The second-order valence-electron chi connectivity index (χ2n) is 11.7. The molecule has 2 aliphatic heterocycles. The SMILES string of the molecule is CC1(C(=O)N2CCN(C(=O)C3CCC(C4CCCC(C(=O)NC5CC5)C4)CC3)CC2)COC1. The lowest BCUT2D eigenvalue weighted by molar-refractivity contribution is -0.171. The van der Waals surface area contributed by atoms with E-state index < -0.39 is 0 Å². The van der Waals surface area contributed by atoms with Gasteiger partial charge in [-0.15, -0.1) is 0 Å². The molecule has 33 heavy (non-hydrogen) atoms. The third kappa shape index (κ3) is 5.08. The van der Waals surface area contributed by atoms with Crippen LogP contribution in [0.1, 0.15) is 71.1 Å². The number of carbonyl (C=O) groups excluding carboxylic acids is 3. The van der Waals surface area contributed by atoms with Gasteiger partial charge in [-0.3, -0.25) is 14.4 Å². The largest absolute Gasteiger partial charge is 0.379 e. The highest BCUT2D eigenvalue weighted by Gasteiger charge is 2.44. The lowest BCUT2D eigenvalue weighted by atomic mass is 9.68. The molecule has 0 radical (unpaired) electrons. The highest BCUT2D eigenvalue weighted by Crippen LogP contribution is 2.42. The van der Waals surface area contributed by atoms with Gasteiger partial charge in [-0.05, 0) is 70.1 Å². The zero-order valence-corrected chi connectivity index (χ0v) is 20.2. The molecule has 3 aliphatic carbocycles. The first-order valence-corrected chi connectivity index (χ1v) is 13.4. The molecule has 3 amide bonds. The molecular formula is C26H41N3O4. The minimum absolute atomic E-state index is 0.138. The molecule has 5 rings (SSSR count). The van der Waals surface area contributed by atoms with E-state index in [1.54, 1.807) is 0 Å². The summed E-state index contributed by atoms with van der Waals surface area (Å²) in [5.74, 6) is 2.43. The summed E-state index contributed by atoms with van der Waals surface area (Å²) in [5, 5.41) is 3.21. The number of amides is 3. The molecule has 5 fully saturated rings. The molecule has 5 aliphatic rings. The Labute approximate surface area is 198 Å². The van der Waals surface area contributed by atoms with Crippen LogP contribution < -0.4 is 5.32 Å². The number of carbonyl (C=O) groups is 3. The molecule has 1 N–H and O–H groups in total. The molecule has 0 spiro atoms. The molecule has 184 valence electrons. The third-order valence-electron chi connectivity index (χ3n) is 9.03. The molecule has 0 aromatic rings. The van der Waals surface area contributed by atoms with Crippen molar-refractivity contribution in [3.05, 3.63) is 0 Å². The van der Waals surface area contributed by atoms with Gasteiger partial charge in [0.25, 0.3) is 0 Å². The zero-order valence-electron chi connectivity index (χ0n) is 20.2. The highest BCUT2D eigenvalue weighted by atomic mass is 16.5. The Kier molecular flexibility index (Phi) is 6.69. The minimum Gasteiger partial charge on any atom is -0.379 e. The number of hydrogen-bond donors (Lipinski definition) is 1. The fourth-order valence-electron chi connectivity index (χ4n) is 6.58. The molecule has 2 unspecified atom stereocenters. The predicted molar refractivity (Wildman–Crippen MR) is 124 cm³/mol. The van der Waals surface area contributed by atoms with Gasteiger partial charge in [-0.2, -0.15) is 0 Å². The van der Waals surface area contributed by atoms with Crippen LogP contribution in [0.2, 0.25) is 0 Å². The first-order valence-electron chi connectivity index (χ1n) is 13.4. The van der Waals surface area contributed by atoms with Crippen LogP contribution in [-0.2, 0) is 19.1 Å². The molecule has 2 heterocycles. The minimum atomic E-state index is -0.360. The van der Waals surface area contributed by atoms with Crippen molar-refractivity contribution in [2.45, 2.75) is 77.2 Å². The van der Waals surface area contributed by atoms with Gasteiger partial charge in [0.05, 0.1) is 18.6 Å². The zero-order chi connectivity index (χ0) is 23.0. The summed E-state index contributed by atoms with van der Waals surface area (Å²) in [6.45, 7) is 5.60. The Morgan fingerprint density at radius 2 is 1.45 bits per heavy atom. The quantitative estimate of drug-likeness (QED) is 0.685. The Bertz CT molecular complexity index is 747. The number of piperazine rings is 1. The van der Waals surface area contributed by atoms with Crippen molar-refractivity contribution in [1.29, 1.82) is 0 Å². The predicted octanol–water partition coefficient (Wildman–Crippen LogP) is 2.59. The van der Waals surface area contributed by atoms with E-state index in [2.05, 4.69) is 5.32 Å². The number of nitrogens with zero attached hydrogens (tertiary/aromatic N) is 2. The maximum Gasteiger partial charge on any atom is 0.233 e. The summed E-state index contributed by atoms with van der Waals surface area (Å²) in [4.78, 5) is 42.3. The van der Waals surface area contributed by atoms with E-state index in [1.807, 2.05) is 16.7 Å². The van der Waals surface area contributed by atoms with Crippen LogP contribution in [0.5, 0.6) is 0 Å². The Balaban J connectivity index is 1.05. The van der Waals surface area contributed by atoms with Crippen molar-refractivity contribution in [2.75, 3.05) is 39.4 Å². The normalized spacial score (nSPS) is 34.3. The summed E-state index contributed by atoms with van der Waals surface area (Å²) in [5.41, 5.74) is -0.360. The van der Waals surface area contributed by atoms with Crippen LogP contribution in [0.4, 0.5) is 0 Å². The van der Waals surface area contributed by atoms with E-state index in [4.69, 9.17) is 4.74 Å². The lowest BCUT2D eigenvalue weighted by Gasteiger charge is -2.44. The van der Waals surface area contributed by atoms with Crippen LogP contribution in [0, 0.1) is 29.1 Å². The first kappa shape index (κ1) is 23.1. The first-order chi connectivity index (χ1) is 15.9. The van der Waals surface area contributed by atoms with Crippen molar-refractivity contribution < 1.29 is 19.1 Å². The van der Waals surface area contributed by atoms with Crippen LogP contribution in [0.3, 0.4) is 0 Å². The number of rotatable bonds is 5. The van der Waals surface area contributed by atoms with E-state index >= 15 is 0 Å². The number of nitrogens with one attached hydrogen (secondary N) is 1. The standard InChI is InChI=1S/C26H41N3O4/c1-26(16-33-17-26)25(32)29-13-11-28(12-14-29)24(31)19-7-5-18(6-8-19)20-3-2-4-21(15-20)23(30)27-22-9-10-22/h18-22H,2-17H2,1H3,(H,27,30). The maximum absolute atomic E-state index is 13.2. The van der Waals surface area contributed by atoms with Crippen LogP contribution in [0.25, 0.3) is 0 Å². The van der Waals surface area contributed by atoms with Crippen molar-refractivity contribution in [1.82, 2.24) is 15.1 Å². The van der Waals surface area contributed by atoms with Crippen molar-refractivity contribution in [3.8, 4) is 0 Å². The van der Waals surface area contributed by atoms with Gasteiger partial charge in [0.1, 0.15) is 0 Å². The average Bonchev–Trinajstić information content (AvgIpc) is 3.66.